The summed E-state index contributed by atoms with van der Waals surface area (Å²) in [4.78, 5) is 9.70. The summed E-state index contributed by atoms with van der Waals surface area (Å²) in [7, 11) is 1.91. The van der Waals surface area contributed by atoms with E-state index in [-0.39, 0.29) is 6.61 Å². The van der Waals surface area contributed by atoms with Crippen LogP contribution in [0.4, 0.5) is 5.95 Å². The van der Waals surface area contributed by atoms with Gasteiger partial charge in [0.05, 0.1) is 17.6 Å². The van der Waals surface area contributed by atoms with Crippen LogP contribution in [0.1, 0.15) is 25.3 Å². The molecule has 0 bridgehead atoms. The highest BCUT2D eigenvalue weighted by molar-refractivity contribution is 5.78. The summed E-state index contributed by atoms with van der Waals surface area (Å²) in [5.41, 5.74) is 3.31. The first-order valence-electron chi connectivity index (χ1n) is 5.93. The van der Waals surface area contributed by atoms with Gasteiger partial charge in [0.1, 0.15) is 0 Å². The maximum Gasteiger partial charge on any atom is 0.203 e. The van der Waals surface area contributed by atoms with Crippen molar-refractivity contribution < 1.29 is 5.11 Å². The molecule has 4 nitrogen and oxygen atoms in total. The third-order valence-electron chi connectivity index (χ3n) is 2.96. The number of imidazole rings is 1. The Balaban J connectivity index is 2.36. The number of aromatic nitrogens is 2. The smallest absolute Gasteiger partial charge is 0.203 e. The van der Waals surface area contributed by atoms with Crippen molar-refractivity contribution in [2.75, 3.05) is 25.1 Å². The summed E-state index contributed by atoms with van der Waals surface area (Å²) in [5, 5.41) is 8.91. The lowest BCUT2D eigenvalue weighted by molar-refractivity contribution is 0.303. The average Bonchev–Trinajstić information content (AvgIpc) is 2.71. The minimum Gasteiger partial charge on any atom is -0.395 e. The second kappa shape index (κ2) is 4.75. The van der Waals surface area contributed by atoms with Crippen molar-refractivity contribution in [3.8, 4) is 0 Å². The molecule has 2 rings (SSSR count). The Hall–Kier alpha value is -1.55. The second-order valence-corrected chi connectivity index (χ2v) is 4.64. The Morgan fingerprint density at radius 2 is 2.18 bits per heavy atom. The van der Waals surface area contributed by atoms with Crippen LogP contribution < -0.4 is 4.90 Å². The molecule has 1 aromatic heterocycles. The van der Waals surface area contributed by atoms with Gasteiger partial charge in [-0.3, -0.25) is 0 Å². The van der Waals surface area contributed by atoms with Gasteiger partial charge in [-0.25, -0.2) is 4.98 Å². The van der Waals surface area contributed by atoms with Crippen LogP contribution in [0.5, 0.6) is 0 Å². The Kier molecular flexibility index (Phi) is 3.33. The predicted octanol–water partition coefficient (Wildman–Crippen LogP) is 2.11. The summed E-state index contributed by atoms with van der Waals surface area (Å²) < 4.78 is 0. The summed E-state index contributed by atoms with van der Waals surface area (Å²) in [6.45, 7) is 5.06. The number of likely N-dealkylation sites (N-methyl/N-ethyl adjacent to an activating group) is 1. The predicted molar refractivity (Wildman–Crippen MR) is 70.5 cm³/mol. The Morgan fingerprint density at radius 1 is 1.41 bits per heavy atom. The van der Waals surface area contributed by atoms with Gasteiger partial charge in [-0.1, -0.05) is 19.9 Å². The van der Waals surface area contributed by atoms with Crippen molar-refractivity contribution in [2.45, 2.75) is 19.8 Å². The zero-order valence-electron chi connectivity index (χ0n) is 10.6. The van der Waals surface area contributed by atoms with E-state index in [1.54, 1.807) is 0 Å². The fourth-order valence-electron chi connectivity index (χ4n) is 1.81. The number of anilines is 1. The van der Waals surface area contributed by atoms with E-state index in [9.17, 15) is 0 Å². The Labute approximate surface area is 101 Å². The average molecular weight is 233 g/mol. The number of aromatic amines is 1. The minimum absolute atomic E-state index is 0.130. The van der Waals surface area contributed by atoms with Crippen molar-refractivity contribution in [2.24, 2.45) is 0 Å². The van der Waals surface area contributed by atoms with E-state index < -0.39 is 0 Å². The van der Waals surface area contributed by atoms with E-state index in [1.807, 2.05) is 11.9 Å². The first kappa shape index (κ1) is 11.9. The first-order valence-corrected chi connectivity index (χ1v) is 5.93. The Bertz CT molecular complexity index is 504. The molecule has 1 heterocycles. The van der Waals surface area contributed by atoms with E-state index in [2.05, 4.69) is 42.0 Å². The molecule has 0 saturated heterocycles. The molecule has 0 amide bonds. The van der Waals surface area contributed by atoms with Crippen molar-refractivity contribution in [1.82, 2.24) is 9.97 Å². The summed E-state index contributed by atoms with van der Waals surface area (Å²) >= 11 is 0. The number of benzene rings is 1. The molecule has 0 unspecified atom stereocenters. The molecule has 0 atom stereocenters. The van der Waals surface area contributed by atoms with Crippen LogP contribution in [0.2, 0.25) is 0 Å². The Morgan fingerprint density at radius 3 is 2.82 bits per heavy atom. The van der Waals surface area contributed by atoms with Gasteiger partial charge in [0, 0.05) is 13.6 Å². The molecule has 0 aliphatic carbocycles. The van der Waals surface area contributed by atoms with E-state index >= 15 is 0 Å². The van der Waals surface area contributed by atoms with Crippen LogP contribution in [0, 0.1) is 0 Å². The van der Waals surface area contributed by atoms with Gasteiger partial charge in [0.25, 0.3) is 0 Å². The molecule has 17 heavy (non-hydrogen) atoms. The normalized spacial score (nSPS) is 11.4. The molecular weight excluding hydrogens is 214 g/mol. The van der Waals surface area contributed by atoms with Crippen molar-refractivity contribution in [3.63, 3.8) is 0 Å². The number of fused-ring (bicyclic) bond motifs is 1. The van der Waals surface area contributed by atoms with Gasteiger partial charge in [-0.15, -0.1) is 0 Å². The molecule has 92 valence electrons. The van der Waals surface area contributed by atoms with Crippen molar-refractivity contribution >= 4 is 17.0 Å². The van der Waals surface area contributed by atoms with Gasteiger partial charge in [-0.05, 0) is 23.6 Å². The molecule has 4 heteroatoms. The van der Waals surface area contributed by atoms with E-state index in [4.69, 9.17) is 5.11 Å². The third-order valence-corrected chi connectivity index (χ3v) is 2.96. The highest BCUT2D eigenvalue weighted by Crippen LogP contribution is 2.22. The van der Waals surface area contributed by atoms with Crippen LogP contribution in [0.3, 0.4) is 0 Å². The fourth-order valence-corrected chi connectivity index (χ4v) is 1.81. The second-order valence-electron chi connectivity index (χ2n) is 4.64. The van der Waals surface area contributed by atoms with Crippen LogP contribution >= 0.6 is 0 Å². The zero-order chi connectivity index (χ0) is 12.4. The number of rotatable bonds is 4. The molecule has 2 N–H and O–H groups in total. The number of nitrogens with one attached hydrogen (secondary N) is 1. The SMILES string of the molecule is CC(C)c1ccc2[nH]c(N(C)CCO)nc2c1. The molecular formula is C13H19N3O. The highest BCUT2D eigenvalue weighted by Gasteiger charge is 2.08. The fraction of sp³-hybridized carbons (Fsp3) is 0.462. The highest BCUT2D eigenvalue weighted by atomic mass is 16.3. The van der Waals surface area contributed by atoms with E-state index in [0.29, 0.717) is 12.5 Å². The minimum atomic E-state index is 0.130. The molecule has 0 aliphatic heterocycles. The molecule has 0 spiro atoms. The summed E-state index contributed by atoms with van der Waals surface area (Å²) in [6.07, 6.45) is 0. The first-order chi connectivity index (χ1) is 8.11. The number of aliphatic hydroxyl groups is 1. The maximum absolute atomic E-state index is 8.91. The van der Waals surface area contributed by atoms with Gasteiger partial charge in [-0.2, -0.15) is 0 Å². The lowest BCUT2D eigenvalue weighted by atomic mass is 10.0. The molecule has 1 aromatic carbocycles. The number of hydrogen-bond donors (Lipinski definition) is 2. The lowest BCUT2D eigenvalue weighted by Gasteiger charge is -2.12. The van der Waals surface area contributed by atoms with Gasteiger partial charge in [0.2, 0.25) is 5.95 Å². The van der Waals surface area contributed by atoms with Crippen molar-refractivity contribution in [1.29, 1.82) is 0 Å². The molecule has 0 saturated carbocycles. The van der Waals surface area contributed by atoms with Gasteiger partial charge >= 0.3 is 0 Å². The number of H-pyrrole nitrogens is 1. The third kappa shape index (κ3) is 2.42. The van der Waals surface area contributed by atoms with Crippen LogP contribution in [0.15, 0.2) is 18.2 Å². The molecule has 0 fully saturated rings. The number of aliphatic hydroxyl groups excluding tert-OH is 1. The number of nitrogens with zero attached hydrogens (tertiary/aromatic N) is 2. The summed E-state index contributed by atoms with van der Waals surface area (Å²) in [6, 6.07) is 6.31. The standard InChI is InChI=1S/C13H19N3O/c1-9(2)10-4-5-11-12(8-10)15-13(14-11)16(3)6-7-17/h4-5,8-9,17H,6-7H2,1-3H3,(H,14,15). The number of hydrogen-bond acceptors (Lipinski definition) is 3. The lowest BCUT2D eigenvalue weighted by Crippen LogP contribution is -2.22. The largest absolute Gasteiger partial charge is 0.395 e. The molecule has 0 aliphatic rings. The van der Waals surface area contributed by atoms with Crippen molar-refractivity contribution in [3.05, 3.63) is 23.8 Å². The van der Waals surface area contributed by atoms with Gasteiger partial charge < -0.3 is 15.0 Å². The van der Waals surface area contributed by atoms with E-state index in [1.165, 1.54) is 5.56 Å². The van der Waals surface area contributed by atoms with E-state index in [0.717, 1.165) is 17.0 Å². The zero-order valence-corrected chi connectivity index (χ0v) is 10.6. The van der Waals surface area contributed by atoms with Gasteiger partial charge in [0.15, 0.2) is 0 Å². The maximum atomic E-state index is 8.91. The summed E-state index contributed by atoms with van der Waals surface area (Å²) in [5.74, 6) is 1.31. The van der Waals surface area contributed by atoms with Crippen LogP contribution in [-0.4, -0.2) is 35.3 Å². The van der Waals surface area contributed by atoms with Crippen LogP contribution in [0.25, 0.3) is 11.0 Å². The van der Waals surface area contributed by atoms with Crippen LogP contribution in [-0.2, 0) is 0 Å². The molecule has 0 radical (unpaired) electrons. The quantitative estimate of drug-likeness (QED) is 0.850. The molecule has 2 aromatic rings. The topological polar surface area (TPSA) is 52.2 Å². The monoisotopic (exact) mass is 233 g/mol.